The molecule has 1 saturated heterocycles. The number of pyridine rings is 1. The van der Waals surface area contributed by atoms with Crippen LogP contribution < -0.4 is 10.2 Å². The van der Waals surface area contributed by atoms with Crippen molar-refractivity contribution in [3.05, 3.63) is 23.4 Å². The number of carbonyl (C=O) groups is 1. The lowest BCUT2D eigenvalue weighted by atomic mass is 10.0. The van der Waals surface area contributed by atoms with E-state index in [4.69, 9.17) is 4.74 Å². The van der Waals surface area contributed by atoms with Crippen LogP contribution in [0.15, 0.2) is 12.3 Å². The smallest absolute Gasteiger partial charge is 0.374 e. The first-order valence-corrected chi connectivity index (χ1v) is 17.3. The summed E-state index contributed by atoms with van der Waals surface area (Å²) in [7, 11) is 1.49. The van der Waals surface area contributed by atoms with Crippen LogP contribution >= 0.6 is 11.3 Å². The summed E-state index contributed by atoms with van der Waals surface area (Å²) in [5, 5.41) is 3.15. The molecule has 1 N–H and O–H groups in total. The van der Waals surface area contributed by atoms with Gasteiger partial charge in [0, 0.05) is 46.0 Å². The normalized spacial score (nSPS) is 15.5. The predicted molar refractivity (Wildman–Crippen MR) is 172 cm³/mol. The van der Waals surface area contributed by atoms with E-state index in [0.717, 1.165) is 49.7 Å². The number of carbonyl (C=O) groups excluding carboxylic acids is 1. The lowest BCUT2D eigenvalue weighted by Gasteiger charge is -2.37. The highest BCUT2D eigenvalue weighted by Gasteiger charge is 2.36. The molecular weight excluding hydrogens is 573 g/mol. The number of rotatable bonds is 19. The Labute approximate surface area is 260 Å². The summed E-state index contributed by atoms with van der Waals surface area (Å²) in [6.07, 6.45) is 13.9. The van der Waals surface area contributed by atoms with E-state index in [1.165, 1.54) is 84.1 Å². The summed E-state index contributed by atoms with van der Waals surface area (Å²) in [5.41, 5.74) is -0.400. The molecule has 3 heterocycles. The maximum atomic E-state index is 13.7. The molecule has 0 spiro atoms. The molecule has 1 aliphatic rings. The molecule has 0 aromatic carbocycles. The largest absolute Gasteiger partial charge is 0.417 e. The third kappa shape index (κ3) is 11.2. The van der Waals surface area contributed by atoms with E-state index in [0.29, 0.717) is 18.1 Å². The fourth-order valence-corrected chi connectivity index (χ4v) is 7.32. The van der Waals surface area contributed by atoms with Gasteiger partial charge in [-0.2, -0.15) is 13.2 Å². The molecule has 2 aromatic heterocycles. The van der Waals surface area contributed by atoms with Crippen molar-refractivity contribution in [1.82, 2.24) is 15.2 Å². The summed E-state index contributed by atoms with van der Waals surface area (Å²) in [6, 6.07) is 0.986. The second kappa shape index (κ2) is 18.2. The minimum Gasteiger partial charge on any atom is -0.374 e. The fraction of sp³-hybridized carbons (Fsp3) is 0.758. The van der Waals surface area contributed by atoms with E-state index >= 15 is 0 Å². The average Bonchev–Trinajstić information content (AvgIpc) is 3.36. The van der Waals surface area contributed by atoms with Crippen LogP contribution in [0.25, 0.3) is 10.2 Å². The zero-order valence-corrected chi connectivity index (χ0v) is 27.6. The van der Waals surface area contributed by atoms with Crippen molar-refractivity contribution in [1.29, 1.82) is 0 Å². The first-order chi connectivity index (χ1) is 20.7. The van der Waals surface area contributed by atoms with Crippen molar-refractivity contribution in [2.45, 2.75) is 123 Å². The van der Waals surface area contributed by atoms with E-state index in [9.17, 15) is 18.0 Å². The zero-order valence-electron chi connectivity index (χ0n) is 26.7. The van der Waals surface area contributed by atoms with Crippen molar-refractivity contribution in [3.63, 3.8) is 0 Å². The number of halogens is 3. The van der Waals surface area contributed by atoms with E-state index in [-0.39, 0.29) is 28.0 Å². The molecule has 10 heteroatoms. The van der Waals surface area contributed by atoms with Crippen LogP contribution in [0.4, 0.5) is 18.2 Å². The first-order valence-electron chi connectivity index (χ1n) is 16.5. The molecule has 1 fully saturated rings. The van der Waals surface area contributed by atoms with Gasteiger partial charge >= 0.3 is 6.18 Å². The van der Waals surface area contributed by atoms with Gasteiger partial charge in [0.05, 0.1) is 28.0 Å². The number of unbranched alkanes of at least 4 members (excludes halogenated alkanes) is 11. The van der Waals surface area contributed by atoms with Crippen LogP contribution in [0.1, 0.15) is 120 Å². The maximum Gasteiger partial charge on any atom is 0.417 e. The summed E-state index contributed by atoms with van der Waals surface area (Å²) in [4.78, 5) is 21.4. The lowest BCUT2D eigenvalue weighted by molar-refractivity contribution is -0.136. The number of piperazine rings is 1. The Balaban J connectivity index is 1.48. The summed E-state index contributed by atoms with van der Waals surface area (Å²) in [6.45, 7) is 10.1. The SMILES string of the molecule is CCCCCCCCCCCCCCC(CN1CCN(c2sc3c(C(F)(F)F)ccnc3c2C(=O)NC)CC1)OC(C)C. The van der Waals surface area contributed by atoms with Crippen LogP contribution in [0.2, 0.25) is 0 Å². The van der Waals surface area contributed by atoms with Crippen LogP contribution in [0.3, 0.4) is 0 Å². The number of thiophene rings is 1. The number of nitrogens with one attached hydrogen (secondary N) is 1. The number of anilines is 1. The minimum absolute atomic E-state index is 0.0128. The van der Waals surface area contributed by atoms with E-state index in [2.05, 4.69) is 36.0 Å². The van der Waals surface area contributed by atoms with Gasteiger partial charge in [-0.05, 0) is 26.3 Å². The Bertz CT molecular complexity index is 1100. The highest BCUT2D eigenvalue weighted by atomic mass is 32.1. The zero-order chi connectivity index (χ0) is 31.2. The summed E-state index contributed by atoms with van der Waals surface area (Å²) < 4.78 is 47.5. The third-order valence-electron chi connectivity index (χ3n) is 8.28. The Morgan fingerprint density at radius 1 is 0.977 bits per heavy atom. The number of hydrogen-bond acceptors (Lipinski definition) is 6. The molecule has 0 bridgehead atoms. The second-order valence-corrected chi connectivity index (χ2v) is 13.2. The number of aromatic nitrogens is 1. The fourth-order valence-electron chi connectivity index (χ4n) is 5.98. The molecule has 0 saturated carbocycles. The molecule has 3 rings (SSSR count). The predicted octanol–water partition coefficient (Wildman–Crippen LogP) is 8.68. The first kappa shape index (κ1) is 35.6. The van der Waals surface area contributed by atoms with Gasteiger partial charge in [-0.1, -0.05) is 84.0 Å². The van der Waals surface area contributed by atoms with E-state index < -0.39 is 17.6 Å². The number of nitrogens with zero attached hydrogens (tertiary/aromatic N) is 3. The van der Waals surface area contributed by atoms with Gasteiger partial charge in [-0.15, -0.1) is 11.3 Å². The van der Waals surface area contributed by atoms with Crippen LogP contribution in [-0.4, -0.2) is 67.8 Å². The molecule has 1 unspecified atom stereocenters. The summed E-state index contributed by atoms with van der Waals surface area (Å²) in [5.74, 6) is -0.414. The second-order valence-electron chi connectivity index (χ2n) is 12.2. The molecule has 2 aromatic rings. The average molecular weight is 627 g/mol. The Kier molecular flexibility index (Phi) is 15.0. The molecule has 0 aliphatic carbocycles. The van der Waals surface area contributed by atoms with Crippen molar-refractivity contribution >= 4 is 32.5 Å². The van der Waals surface area contributed by atoms with Gasteiger partial charge in [0.2, 0.25) is 0 Å². The lowest BCUT2D eigenvalue weighted by Crippen LogP contribution is -2.49. The van der Waals surface area contributed by atoms with Crippen LogP contribution in [-0.2, 0) is 10.9 Å². The highest BCUT2D eigenvalue weighted by Crippen LogP contribution is 2.44. The van der Waals surface area contributed by atoms with Crippen molar-refractivity contribution in [3.8, 4) is 0 Å². The van der Waals surface area contributed by atoms with Crippen molar-refractivity contribution in [2.75, 3.05) is 44.7 Å². The van der Waals surface area contributed by atoms with Gasteiger partial charge in [0.25, 0.3) is 5.91 Å². The Morgan fingerprint density at radius 3 is 2.09 bits per heavy atom. The van der Waals surface area contributed by atoms with Crippen LogP contribution in [0.5, 0.6) is 0 Å². The van der Waals surface area contributed by atoms with Crippen LogP contribution in [0, 0.1) is 0 Å². The van der Waals surface area contributed by atoms with Gasteiger partial charge in [-0.25, -0.2) is 0 Å². The minimum atomic E-state index is -4.51. The van der Waals surface area contributed by atoms with E-state index in [1.54, 1.807) is 0 Å². The maximum absolute atomic E-state index is 13.7. The number of hydrogen-bond donors (Lipinski definition) is 1. The quantitative estimate of drug-likeness (QED) is 0.158. The monoisotopic (exact) mass is 626 g/mol. The molecule has 6 nitrogen and oxygen atoms in total. The topological polar surface area (TPSA) is 57.7 Å². The Hall–Kier alpha value is -1.91. The number of ether oxygens (including phenoxy) is 1. The standard InChI is InChI=1S/C33H53F3N4O2S/c1-5-6-7-8-9-10-11-12-13-14-15-16-17-26(42-25(2)3)24-39-20-22-40(23-21-39)32-28(31(41)37-4)29-30(43-32)27(18-19-38-29)33(34,35)36/h18-19,25-26H,5-17,20-24H2,1-4H3,(H,37,41). The molecule has 1 atom stereocenters. The summed E-state index contributed by atoms with van der Waals surface area (Å²) >= 11 is 1.02. The van der Waals surface area contributed by atoms with Gasteiger partial charge in [0.15, 0.2) is 0 Å². The third-order valence-corrected chi connectivity index (χ3v) is 9.55. The molecule has 43 heavy (non-hydrogen) atoms. The molecular formula is C33H53F3N4O2S. The van der Waals surface area contributed by atoms with Crippen molar-refractivity contribution in [2.24, 2.45) is 0 Å². The van der Waals surface area contributed by atoms with Gasteiger partial charge in [-0.3, -0.25) is 14.7 Å². The molecule has 1 amide bonds. The van der Waals surface area contributed by atoms with Gasteiger partial charge in [0.1, 0.15) is 10.6 Å². The molecule has 244 valence electrons. The Morgan fingerprint density at radius 2 is 1.56 bits per heavy atom. The highest BCUT2D eigenvalue weighted by molar-refractivity contribution is 7.23. The van der Waals surface area contributed by atoms with Gasteiger partial charge < -0.3 is 15.0 Å². The van der Waals surface area contributed by atoms with Crippen molar-refractivity contribution < 1.29 is 22.7 Å². The number of amides is 1. The molecule has 1 aliphatic heterocycles. The number of alkyl halides is 3. The molecule has 0 radical (unpaired) electrons. The van der Waals surface area contributed by atoms with E-state index in [1.807, 2.05) is 4.90 Å². The number of fused-ring (bicyclic) bond motifs is 1.